The van der Waals surface area contributed by atoms with Gasteiger partial charge < -0.3 is 130 Å². The molecule has 0 aromatic carbocycles. The number of aliphatic hydroxyl groups excluding tert-OH is 14. The molecule has 29 nitrogen and oxygen atoms in total. The van der Waals surface area contributed by atoms with Gasteiger partial charge in [0.25, 0.3) is 0 Å². The van der Waals surface area contributed by atoms with E-state index in [0.29, 0.717) is 0 Å². The molecule has 5 aliphatic rings. The summed E-state index contributed by atoms with van der Waals surface area (Å²) in [5, 5.41) is 156. The van der Waals surface area contributed by atoms with E-state index in [1.807, 2.05) is 0 Å². The lowest BCUT2D eigenvalue weighted by Crippen LogP contribution is -2.70. The maximum Gasteiger partial charge on any atom is 0.217 e. The normalized spacial score (nSPS) is 47.1. The second-order valence-corrected chi connectivity index (χ2v) is 16.2. The quantitative estimate of drug-likeness (QED) is 0.0683. The van der Waals surface area contributed by atoms with Crippen LogP contribution in [-0.2, 0) is 57.0 Å². The third kappa shape index (κ3) is 12.0. The Labute approximate surface area is 369 Å². The molecule has 65 heavy (non-hydrogen) atoms. The number of carbonyl (C=O) groups excluding carboxylic acids is 3. The Hall–Kier alpha value is -2.51. The molecule has 0 aromatic heterocycles. The van der Waals surface area contributed by atoms with Crippen molar-refractivity contribution in [2.45, 2.75) is 174 Å². The molecule has 0 bridgehead atoms. The minimum Gasteiger partial charge on any atom is -0.394 e. The molecule has 376 valence electrons. The molecule has 0 radical (unpaired) electrons. The monoisotopic (exact) mass is 951 g/mol. The van der Waals surface area contributed by atoms with E-state index in [9.17, 15) is 85.9 Å². The SMILES string of the molecule is CC(=O)N[C@H]1[C@H](OC[C@H]2OC(O)[C@H](NC(C)=O)[C@@H](O[C@@H]3O[C@H](CO)[C@H](O)[C@H](O[C@@H]4O[C@H](CO)[C@@H](O)[C@H](O)[C@H]4NC(C)=O)[C@H]3O)[C@H]2O)O[C@H](CO)[C@@H](O[C@@H]2O[C@H](CO)[C@H](O)[C@H](O)[C@H]2O)[C@@H]1O. The zero-order chi connectivity index (χ0) is 48.2. The summed E-state index contributed by atoms with van der Waals surface area (Å²) in [5.41, 5.74) is 0. The van der Waals surface area contributed by atoms with Gasteiger partial charge >= 0.3 is 0 Å². The van der Waals surface area contributed by atoms with Gasteiger partial charge in [0.1, 0.15) is 122 Å². The van der Waals surface area contributed by atoms with E-state index < -0.39 is 204 Å². The molecule has 0 saturated carbocycles. The molecule has 3 amide bonds. The molecule has 0 spiro atoms. The van der Waals surface area contributed by atoms with Crippen LogP contribution in [-0.4, -0.2) is 276 Å². The largest absolute Gasteiger partial charge is 0.394 e. The van der Waals surface area contributed by atoms with Crippen molar-refractivity contribution >= 4 is 17.7 Å². The molecule has 25 atom stereocenters. The number of hydrogen-bond donors (Lipinski definition) is 17. The average molecular weight is 952 g/mol. The molecule has 0 aliphatic carbocycles. The summed E-state index contributed by atoms with van der Waals surface area (Å²) >= 11 is 0. The highest BCUT2D eigenvalue weighted by molar-refractivity contribution is 5.74. The molecule has 5 saturated heterocycles. The van der Waals surface area contributed by atoms with E-state index in [1.54, 1.807) is 0 Å². The first kappa shape index (κ1) is 53.4. The fourth-order valence-corrected chi connectivity index (χ4v) is 8.13. The molecule has 17 N–H and O–H groups in total. The average Bonchev–Trinajstić information content (AvgIpc) is 3.25. The number of rotatable bonds is 16. The smallest absolute Gasteiger partial charge is 0.217 e. The van der Waals surface area contributed by atoms with E-state index in [1.165, 1.54) is 0 Å². The fraction of sp³-hybridized carbons (Fsp3) is 0.917. The third-order valence-electron chi connectivity index (χ3n) is 11.5. The van der Waals surface area contributed by atoms with Crippen LogP contribution >= 0.6 is 0 Å². The van der Waals surface area contributed by atoms with E-state index in [2.05, 4.69) is 16.0 Å². The molecule has 5 fully saturated rings. The second-order valence-electron chi connectivity index (χ2n) is 16.2. The Morgan fingerprint density at radius 3 is 1.35 bits per heavy atom. The summed E-state index contributed by atoms with van der Waals surface area (Å²) in [4.78, 5) is 36.6. The van der Waals surface area contributed by atoms with Crippen LogP contribution in [0.1, 0.15) is 20.8 Å². The van der Waals surface area contributed by atoms with Crippen LogP contribution in [0.15, 0.2) is 0 Å². The van der Waals surface area contributed by atoms with Gasteiger partial charge in [0.05, 0.1) is 33.0 Å². The van der Waals surface area contributed by atoms with E-state index in [4.69, 9.17) is 42.6 Å². The summed E-state index contributed by atoms with van der Waals surface area (Å²) in [6.07, 6.45) is -39.4. The summed E-state index contributed by atoms with van der Waals surface area (Å²) in [6, 6.07) is -4.78. The van der Waals surface area contributed by atoms with Gasteiger partial charge in [0, 0.05) is 20.8 Å². The van der Waals surface area contributed by atoms with E-state index in [-0.39, 0.29) is 0 Å². The van der Waals surface area contributed by atoms with Crippen molar-refractivity contribution in [3.05, 3.63) is 0 Å². The minimum absolute atomic E-state index is 0.729. The number of nitrogens with one attached hydrogen (secondary N) is 3. The number of ether oxygens (including phenoxy) is 9. The van der Waals surface area contributed by atoms with E-state index in [0.717, 1.165) is 20.8 Å². The zero-order valence-electron chi connectivity index (χ0n) is 35.1. The van der Waals surface area contributed by atoms with Crippen LogP contribution in [0.25, 0.3) is 0 Å². The number of hydrogen-bond acceptors (Lipinski definition) is 26. The Morgan fingerprint density at radius 1 is 0.400 bits per heavy atom. The maximum atomic E-state index is 12.3. The van der Waals surface area contributed by atoms with Gasteiger partial charge in [-0.25, -0.2) is 0 Å². The van der Waals surface area contributed by atoms with Crippen LogP contribution < -0.4 is 16.0 Å². The topological polar surface area (TPSA) is 454 Å². The Balaban J connectivity index is 1.35. The lowest BCUT2D eigenvalue weighted by atomic mass is 9.94. The molecule has 29 heteroatoms. The Morgan fingerprint density at radius 2 is 0.815 bits per heavy atom. The fourth-order valence-electron chi connectivity index (χ4n) is 8.13. The molecule has 5 aliphatic heterocycles. The second kappa shape index (κ2) is 23.2. The molecular formula is C36H61N3O26. The van der Waals surface area contributed by atoms with Gasteiger partial charge in [-0.1, -0.05) is 0 Å². The Kier molecular flexibility index (Phi) is 19.1. The van der Waals surface area contributed by atoms with Crippen molar-refractivity contribution in [3.63, 3.8) is 0 Å². The highest BCUT2D eigenvalue weighted by Crippen LogP contribution is 2.34. The number of carbonyl (C=O) groups is 3. The van der Waals surface area contributed by atoms with Gasteiger partial charge in [0.2, 0.25) is 17.7 Å². The van der Waals surface area contributed by atoms with Crippen LogP contribution in [0.5, 0.6) is 0 Å². The zero-order valence-corrected chi connectivity index (χ0v) is 35.1. The predicted octanol–water partition coefficient (Wildman–Crippen LogP) is -11.5. The minimum atomic E-state index is -2.12. The third-order valence-corrected chi connectivity index (χ3v) is 11.5. The van der Waals surface area contributed by atoms with Gasteiger partial charge in [-0.05, 0) is 0 Å². The van der Waals surface area contributed by atoms with Crippen molar-refractivity contribution in [2.75, 3.05) is 33.0 Å². The first-order valence-electron chi connectivity index (χ1n) is 20.6. The van der Waals surface area contributed by atoms with Crippen molar-refractivity contribution in [1.82, 2.24) is 16.0 Å². The lowest BCUT2D eigenvalue weighted by Gasteiger charge is -2.49. The van der Waals surface area contributed by atoms with Crippen LogP contribution in [0.4, 0.5) is 0 Å². The van der Waals surface area contributed by atoms with Gasteiger partial charge in [-0.15, -0.1) is 0 Å². The van der Waals surface area contributed by atoms with Crippen molar-refractivity contribution in [2.24, 2.45) is 0 Å². The highest BCUT2D eigenvalue weighted by Gasteiger charge is 2.56. The predicted molar refractivity (Wildman–Crippen MR) is 201 cm³/mol. The van der Waals surface area contributed by atoms with E-state index >= 15 is 0 Å². The molecular weight excluding hydrogens is 890 g/mol. The van der Waals surface area contributed by atoms with Gasteiger partial charge in [-0.3, -0.25) is 14.4 Å². The van der Waals surface area contributed by atoms with Crippen LogP contribution in [0.3, 0.4) is 0 Å². The van der Waals surface area contributed by atoms with Crippen molar-refractivity contribution in [3.8, 4) is 0 Å². The highest BCUT2D eigenvalue weighted by atomic mass is 16.8. The number of amides is 3. The number of aliphatic hydroxyl groups is 14. The summed E-state index contributed by atoms with van der Waals surface area (Å²) in [6.45, 7) is -1.16. The van der Waals surface area contributed by atoms with Gasteiger partial charge in [0.15, 0.2) is 31.5 Å². The van der Waals surface area contributed by atoms with Crippen molar-refractivity contribution < 1.29 is 129 Å². The summed E-state index contributed by atoms with van der Waals surface area (Å²) in [7, 11) is 0. The molecule has 1 unspecified atom stereocenters. The lowest BCUT2D eigenvalue weighted by molar-refractivity contribution is -0.368. The molecule has 5 rings (SSSR count). The summed E-state index contributed by atoms with van der Waals surface area (Å²) in [5.74, 6) is -2.26. The van der Waals surface area contributed by atoms with Crippen LogP contribution in [0, 0.1) is 0 Å². The first-order valence-corrected chi connectivity index (χ1v) is 20.6. The van der Waals surface area contributed by atoms with Crippen LogP contribution in [0.2, 0.25) is 0 Å². The summed E-state index contributed by atoms with van der Waals surface area (Å²) < 4.78 is 51.1. The first-order chi connectivity index (χ1) is 30.7. The standard InChI is InChI=1S/C36H61N3O26/c1-9(44)37-17-24(51)20(47)12(4-40)59-34(17)65-31-22(49)14(6-42)61-36(28(31)55)64-30-19(39-11(3)46)32(56)58-16(23(30)50)8-57-33-18(38-10(2)45)25(52)29(15(7-43)62-33)63-35-27(54)26(53)21(48)13(5-41)60-35/h12-36,40-43,47-56H,4-8H2,1-3H3,(H,37,44)(H,38,45)(H,39,46)/t12-,13-,14-,15-,16-,17-,18-,19-,20-,21+,22+,23+,24-,25-,26+,27-,28-,29-,30-,31+,32?,33-,34+,35+,36+/m1/s1. The Bertz CT molecular complexity index is 1560. The van der Waals surface area contributed by atoms with Gasteiger partial charge in [-0.2, -0.15) is 0 Å². The molecule has 5 heterocycles. The maximum absolute atomic E-state index is 12.3. The van der Waals surface area contributed by atoms with Crippen molar-refractivity contribution in [1.29, 1.82) is 0 Å². The molecule has 0 aromatic rings.